The molecule has 3 aliphatic rings. The van der Waals surface area contributed by atoms with Gasteiger partial charge in [0.2, 0.25) is 0 Å². The summed E-state index contributed by atoms with van der Waals surface area (Å²) in [7, 11) is 0. The zero-order chi connectivity index (χ0) is 15.7. The first-order chi connectivity index (χ1) is 10.5. The van der Waals surface area contributed by atoms with Crippen molar-refractivity contribution in [3.05, 3.63) is 0 Å². The minimum atomic E-state index is -0.816. The fourth-order valence-corrected chi connectivity index (χ4v) is 3.96. The summed E-state index contributed by atoms with van der Waals surface area (Å²) < 4.78 is 0. The van der Waals surface area contributed by atoms with Crippen LogP contribution in [-0.2, 0) is 9.59 Å². The van der Waals surface area contributed by atoms with Crippen molar-refractivity contribution >= 4 is 30.3 Å². The molecule has 1 spiro atoms. The first kappa shape index (κ1) is 18.0. The number of carboxylic acid groups (broad SMARTS) is 1. The molecule has 3 rings (SSSR count). The van der Waals surface area contributed by atoms with E-state index in [9.17, 15) is 19.5 Å². The number of hydrogen-bond acceptors (Lipinski definition) is 4. The maximum Gasteiger partial charge on any atom is 0.325 e. The van der Waals surface area contributed by atoms with Crippen LogP contribution in [0.2, 0.25) is 0 Å². The highest BCUT2D eigenvalue weighted by atomic mass is 35.5. The molecule has 0 aromatic heterocycles. The zero-order valence-corrected chi connectivity index (χ0v) is 13.9. The quantitative estimate of drug-likeness (QED) is 0.747. The normalized spacial score (nSPS) is 27.1. The third kappa shape index (κ3) is 3.30. The Kier molecular flexibility index (Phi) is 5.52. The van der Waals surface area contributed by atoms with E-state index in [1.165, 1.54) is 4.90 Å². The summed E-state index contributed by atoms with van der Waals surface area (Å²) in [5.74, 6) is -0.942. The predicted molar refractivity (Wildman–Crippen MR) is 85.5 cm³/mol. The van der Waals surface area contributed by atoms with Crippen LogP contribution < -0.4 is 5.32 Å². The van der Waals surface area contributed by atoms with Crippen LogP contribution >= 0.6 is 12.4 Å². The van der Waals surface area contributed by atoms with Crippen LogP contribution in [0.25, 0.3) is 0 Å². The maximum atomic E-state index is 12.5. The van der Waals surface area contributed by atoms with Gasteiger partial charge >= 0.3 is 12.0 Å². The average molecular weight is 346 g/mol. The molecule has 2 aliphatic heterocycles. The Bertz CT molecular complexity index is 493. The van der Waals surface area contributed by atoms with Gasteiger partial charge in [-0.2, -0.15) is 0 Å². The van der Waals surface area contributed by atoms with Gasteiger partial charge < -0.3 is 10.4 Å². The lowest BCUT2D eigenvalue weighted by molar-refractivity contribution is -0.144. The molecule has 1 aliphatic carbocycles. The second kappa shape index (κ2) is 7.05. The van der Waals surface area contributed by atoms with E-state index in [-0.39, 0.29) is 30.9 Å². The van der Waals surface area contributed by atoms with Crippen LogP contribution in [0.15, 0.2) is 0 Å². The Morgan fingerprint density at radius 1 is 1.17 bits per heavy atom. The topological polar surface area (TPSA) is 89.9 Å². The summed E-state index contributed by atoms with van der Waals surface area (Å²) in [4.78, 5) is 39.1. The Hall–Kier alpha value is -1.34. The van der Waals surface area contributed by atoms with Gasteiger partial charge in [-0.1, -0.05) is 19.3 Å². The number of imide groups is 1. The summed E-state index contributed by atoms with van der Waals surface area (Å²) in [5.41, 5.74) is -0.675. The number of carbonyl (C=O) groups excluding carboxylic acids is 2. The number of nitrogens with zero attached hydrogens (tertiary/aromatic N) is 2. The fourth-order valence-electron chi connectivity index (χ4n) is 3.96. The van der Waals surface area contributed by atoms with Gasteiger partial charge in [0.1, 0.15) is 11.6 Å². The predicted octanol–water partition coefficient (Wildman–Crippen LogP) is 1.21. The van der Waals surface area contributed by atoms with E-state index >= 15 is 0 Å². The van der Waals surface area contributed by atoms with Crippen molar-refractivity contribution in [2.45, 2.75) is 56.5 Å². The molecule has 0 aromatic carbocycles. The molecule has 0 radical (unpaired) electrons. The van der Waals surface area contributed by atoms with E-state index in [1.54, 1.807) is 0 Å². The number of urea groups is 1. The molecule has 3 fully saturated rings. The number of carbonyl (C=O) groups is 3. The summed E-state index contributed by atoms with van der Waals surface area (Å²) in [6, 6.07) is -0.814. The number of nitrogens with one attached hydrogen (secondary N) is 1. The van der Waals surface area contributed by atoms with E-state index < -0.39 is 17.6 Å². The Morgan fingerprint density at radius 3 is 2.52 bits per heavy atom. The molecule has 0 bridgehead atoms. The molecule has 1 saturated carbocycles. The summed E-state index contributed by atoms with van der Waals surface area (Å²) in [5, 5.41) is 12.1. The van der Waals surface area contributed by atoms with Crippen molar-refractivity contribution in [1.29, 1.82) is 0 Å². The summed E-state index contributed by atoms with van der Waals surface area (Å²) in [6.07, 6.45) is 5.89. The van der Waals surface area contributed by atoms with Crippen LogP contribution in [0.1, 0.15) is 44.9 Å². The number of likely N-dealkylation sites (tertiary alicyclic amines) is 1. The number of carboxylic acids is 1. The van der Waals surface area contributed by atoms with Gasteiger partial charge in [0.25, 0.3) is 5.91 Å². The highest BCUT2D eigenvalue weighted by Crippen LogP contribution is 2.35. The van der Waals surface area contributed by atoms with Crippen LogP contribution in [0.4, 0.5) is 4.79 Å². The van der Waals surface area contributed by atoms with Crippen molar-refractivity contribution in [2.75, 3.05) is 19.6 Å². The highest BCUT2D eigenvalue weighted by Gasteiger charge is 2.52. The van der Waals surface area contributed by atoms with Gasteiger partial charge in [0, 0.05) is 13.1 Å². The minimum Gasteiger partial charge on any atom is -0.480 e. The molecule has 1 atom stereocenters. The Labute approximate surface area is 141 Å². The first-order valence-electron chi connectivity index (χ1n) is 8.14. The van der Waals surface area contributed by atoms with E-state index in [2.05, 4.69) is 5.32 Å². The smallest absolute Gasteiger partial charge is 0.325 e. The van der Waals surface area contributed by atoms with Crippen molar-refractivity contribution in [2.24, 2.45) is 0 Å². The standard InChI is InChI=1S/C15H23N3O4.ClH/c19-12(20)11-5-1-4-8-17(11)9-10-18-13(21)15(16-14(18)22)6-2-3-7-15;/h11H,1-10H2,(H,16,22)(H,19,20);1H. The van der Waals surface area contributed by atoms with Gasteiger partial charge in [-0.3, -0.25) is 19.4 Å². The van der Waals surface area contributed by atoms with Crippen molar-refractivity contribution < 1.29 is 19.5 Å². The SMILES string of the molecule is Cl.O=C(O)C1CCCCN1CCN1C(=O)NC2(CCCC2)C1=O. The molecular weight excluding hydrogens is 322 g/mol. The number of amides is 3. The number of halogens is 1. The Morgan fingerprint density at radius 2 is 1.87 bits per heavy atom. The number of rotatable bonds is 4. The molecule has 23 heavy (non-hydrogen) atoms. The zero-order valence-electron chi connectivity index (χ0n) is 13.1. The van der Waals surface area contributed by atoms with Gasteiger partial charge in [0.05, 0.1) is 0 Å². The lowest BCUT2D eigenvalue weighted by atomic mass is 9.98. The molecular formula is C15H24ClN3O4. The largest absolute Gasteiger partial charge is 0.480 e. The molecule has 2 saturated heterocycles. The van der Waals surface area contributed by atoms with Crippen LogP contribution in [0.5, 0.6) is 0 Å². The summed E-state index contributed by atoms with van der Waals surface area (Å²) >= 11 is 0. The van der Waals surface area contributed by atoms with Crippen molar-refractivity contribution in [3.8, 4) is 0 Å². The Balaban J connectivity index is 0.00000192. The molecule has 1 unspecified atom stereocenters. The third-order valence-electron chi connectivity index (χ3n) is 5.21. The van der Waals surface area contributed by atoms with E-state index in [0.717, 1.165) is 38.5 Å². The fraction of sp³-hybridized carbons (Fsp3) is 0.800. The second-order valence-electron chi connectivity index (χ2n) is 6.56. The van der Waals surface area contributed by atoms with Gasteiger partial charge in [-0.05, 0) is 32.2 Å². The monoisotopic (exact) mass is 345 g/mol. The highest BCUT2D eigenvalue weighted by molar-refractivity contribution is 6.07. The number of piperidine rings is 1. The minimum absolute atomic E-state index is 0. The van der Waals surface area contributed by atoms with Gasteiger partial charge in [-0.25, -0.2) is 4.79 Å². The molecule has 8 heteroatoms. The van der Waals surface area contributed by atoms with Crippen LogP contribution in [0, 0.1) is 0 Å². The molecule has 0 aromatic rings. The second-order valence-corrected chi connectivity index (χ2v) is 6.56. The first-order valence-corrected chi connectivity index (χ1v) is 8.14. The number of aliphatic carboxylic acids is 1. The molecule has 7 nitrogen and oxygen atoms in total. The van der Waals surface area contributed by atoms with Crippen molar-refractivity contribution in [1.82, 2.24) is 15.1 Å². The lowest BCUT2D eigenvalue weighted by Gasteiger charge is -2.33. The van der Waals surface area contributed by atoms with E-state index in [4.69, 9.17) is 0 Å². The molecule has 2 heterocycles. The summed E-state index contributed by atoms with van der Waals surface area (Å²) in [6.45, 7) is 1.42. The van der Waals surface area contributed by atoms with Crippen LogP contribution in [0.3, 0.4) is 0 Å². The number of hydrogen-bond donors (Lipinski definition) is 2. The maximum absolute atomic E-state index is 12.5. The third-order valence-corrected chi connectivity index (χ3v) is 5.21. The van der Waals surface area contributed by atoms with Gasteiger partial charge in [0.15, 0.2) is 0 Å². The van der Waals surface area contributed by atoms with E-state index in [1.807, 2.05) is 4.90 Å². The van der Waals surface area contributed by atoms with Crippen molar-refractivity contribution in [3.63, 3.8) is 0 Å². The molecule has 2 N–H and O–H groups in total. The van der Waals surface area contributed by atoms with E-state index in [0.29, 0.717) is 19.5 Å². The van der Waals surface area contributed by atoms with Crippen LogP contribution in [-0.4, -0.2) is 64.0 Å². The molecule has 130 valence electrons. The average Bonchev–Trinajstić information content (AvgIpc) is 3.05. The molecule has 3 amide bonds. The lowest BCUT2D eigenvalue weighted by Crippen LogP contribution is -2.49. The van der Waals surface area contributed by atoms with Gasteiger partial charge in [-0.15, -0.1) is 12.4 Å².